The van der Waals surface area contributed by atoms with Crippen LogP contribution < -0.4 is 0 Å². The molecule has 6 nitrogen and oxygen atoms in total. The van der Waals surface area contributed by atoms with Gasteiger partial charge in [-0.05, 0) is 0 Å². The van der Waals surface area contributed by atoms with Crippen molar-refractivity contribution < 1.29 is 45.4 Å². The quantitative estimate of drug-likeness (QED) is 0.404. The van der Waals surface area contributed by atoms with Crippen molar-refractivity contribution in [3.63, 3.8) is 0 Å². The third-order valence-corrected chi connectivity index (χ3v) is 0.880. The number of hydrogen-bond acceptors (Lipinski definition) is 6. The molecule has 0 aromatic carbocycles. The van der Waals surface area contributed by atoms with Crippen LogP contribution in [0.25, 0.3) is 0 Å². The molecule has 13 heavy (non-hydrogen) atoms. The normalized spacial score (nSPS) is 11.8. The Kier molecular flexibility index (Phi) is 20.7. The Morgan fingerprint density at radius 2 is 1.23 bits per heavy atom. The van der Waals surface area contributed by atoms with E-state index in [-0.39, 0.29) is 19.5 Å². The van der Waals surface area contributed by atoms with E-state index in [1.807, 2.05) is 0 Å². The van der Waals surface area contributed by atoms with Crippen molar-refractivity contribution >= 4 is 22.7 Å². The van der Waals surface area contributed by atoms with E-state index < -0.39 is 22.7 Å². The summed E-state index contributed by atoms with van der Waals surface area (Å²) in [6, 6.07) is 0. The van der Waals surface area contributed by atoms with Gasteiger partial charge in [0.1, 0.15) is 22.7 Å². The second-order valence-electron chi connectivity index (χ2n) is 0.934. The van der Waals surface area contributed by atoms with Gasteiger partial charge in [-0.2, -0.15) is 0 Å². The van der Waals surface area contributed by atoms with Crippen molar-refractivity contribution in [2.75, 3.05) is 0 Å². The molecule has 0 radical (unpaired) electrons. The summed E-state index contributed by atoms with van der Waals surface area (Å²) in [6.45, 7) is 5.97. The molecule has 2 unspecified atom stereocenters. The maximum atomic E-state index is 9.31. The first kappa shape index (κ1) is 18.7. The summed E-state index contributed by atoms with van der Waals surface area (Å²) in [5.74, 6) is 0. The Morgan fingerprint density at radius 1 is 1.00 bits per heavy atom. The molecule has 0 fully saturated rings. The molecule has 0 saturated heterocycles. The summed E-state index contributed by atoms with van der Waals surface area (Å²) >= 11 is -4.87. The first-order valence-corrected chi connectivity index (χ1v) is 4.29. The zero-order valence-electron chi connectivity index (χ0n) is 6.54. The van der Waals surface area contributed by atoms with Crippen LogP contribution in [0.3, 0.4) is 0 Å². The molecule has 0 aliphatic rings. The maximum Gasteiger partial charge on any atom is 2.00 e. The van der Waals surface area contributed by atoms with E-state index in [2.05, 4.69) is 21.5 Å². The van der Waals surface area contributed by atoms with Gasteiger partial charge in [0, 0.05) is 0 Å². The Hall–Kier alpha value is -0.0766. The van der Waals surface area contributed by atoms with Crippen LogP contribution in [0.5, 0.6) is 0 Å². The fourth-order valence-corrected chi connectivity index (χ4v) is 0.333. The third kappa shape index (κ3) is 33.5. The molecule has 0 spiro atoms. The molecule has 0 heterocycles. The molecule has 9 heteroatoms. The van der Waals surface area contributed by atoms with Crippen molar-refractivity contribution in [1.82, 2.24) is 0 Å². The molecule has 0 N–H and O–H groups in total. The SMILES string of the molecule is C=COS(=O)[O-].C=COS(=O)[O-].[Zn+2]. The summed E-state index contributed by atoms with van der Waals surface area (Å²) in [4.78, 5) is 0. The Labute approximate surface area is 93.7 Å². The average Bonchev–Trinajstić information content (AvgIpc) is 1.87. The molecule has 0 bridgehead atoms. The van der Waals surface area contributed by atoms with Gasteiger partial charge in [-0.1, -0.05) is 13.2 Å². The van der Waals surface area contributed by atoms with Gasteiger partial charge in [-0.3, -0.25) is 0 Å². The minimum Gasteiger partial charge on any atom is -0.740 e. The molecular weight excluding hydrogens is 274 g/mol. The first-order valence-electron chi connectivity index (χ1n) is 2.29. The van der Waals surface area contributed by atoms with Gasteiger partial charge in [0.2, 0.25) is 0 Å². The van der Waals surface area contributed by atoms with Gasteiger partial charge in [0.05, 0.1) is 12.5 Å². The van der Waals surface area contributed by atoms with E-state index in [0.717, 1.165) is 12.5 Å². The molecule has 0 aromatic rings. The van der Waals surface area contributed by atoms with Gasteiger partial charge in [-0.25, -0.2) is 8.42 Å². The molecule has 0 aliphatic carbocycles. The van der Waals surface area contributed by atoms with E-state index >= 15 is 0 Å². The smallest absolute Gasteiger partial charge is 0.740 e. The molecule has 0 aromatic heterocycles. The Balaban J connectivity index is -0.000000143. The van der Waals surface area contributed by atoms with Crippen molar-refractivity contribution in [3.8, 4) is 0 Å². The van der Waals surface area contributed by atoms with E-state index in [0.29, 0.717) is 0 Å². The van der Waals surface area contributed by atoms with Gasteiger partial charge >= 0.3 is 19.5 Å². The second kappa shape index (κ2) is 14.4. The molecule has 0 aliphatic heterocycles. The van der Waals surface area contributed by atoms with Crippen LogP contribution in [0, 0.1) is 0 Å². The topological polar surface area (TPSA) is 98.7 Å². The van der Waals surface area contributed by atoms with E-state index in [4.69, 9.17) is 0 Å². The van der Waals surface area contributed by atoms with E-state index in [1.54, 1.807) is 0 Å². The van der Waals surface area contributed by atoms with Crippen LogP contribution in [-0.4, -0.2) is 17.5 Å². The summed E-state index contributed by atoms with van der Waals surface area (Å²) < 4.78 is 44.7. The van der Waals surface area contributed by atoms with Gasteiger partial charge < -0.3 is 17.5 Å². The number of rotatable bonds is 4. The summed E-state index contributed by atoms with van der Waals surface area (Å²) in [7, 11) is 0. The molecule has 0 amide bonds. The van der Waals surface area contributed by atoms with Gasteiger partial charge in [0.25, 0.3) is 0 Å². The minimum atomic E-state index is -2.43. The molecule has 0 rings (SSSR count). The van der Waals surface area contributed by atoms with Crippen molar-refractivity contribution in [3.05, 3.63) is 25.7 Å². The fourth-order valence-electron chi connectivity index (χ4n) is 0.111. The average molecular weight is 280 g/mol. The summed E-state index contributed by atoms with van der Waals surface area (Å²) in [6.07, 6.45) is 1.67. The zero-order valence-corrected chi connectivity index (χ0v) is 11.1. The fraction of sp³-hybridized carbons (Fsp3) is 0. The molecule has 0 saturated carbocycles. The van der Waals surface area contributed by atoms with Crippen LogP contribution in [0.15, 0.2) is 25.7 Å². The Morgan fingerprint density at radius 3 is 1.23 bits per heavy atom. The minimum absolute atomic E-state index is 0. The van der Waals surface area contributed by atoms with Gasteiger partial charge in [0.15, 0.2) is 0 Å². The maximum absolute atomic E-state index is 9.31. The monoisotopic (exact) mass is 278 g/mol. The zero-order chi connectivity index (χ0) is 9.98. The van der Waals surface area contributed by atoms with E-state index in [9.17, 15) is 17.5 Å². The molecule has 2 atom stereocenters. The number of hydrogen-bond donors (Lipinski definition) is 0. The third-order valence-electron chi connectivity index (χ3n) is 0.293. The van der Waals surface area contributed by atoms with Crippen LogP contribution in [0.1, 0.15) is 0 Å². The van der Waals surface area contributed by atoms with Crippen LogP contribution >= 0.6 is 0 Å². The molecule has 72 valence electrons. The van der Waals surface area contributed by atoms with Crippen LogP contribution in [0.4, 0.5) is 0 Å². The predicted octanol–water partition coefficient (Wildman–Crippen LogP) is -0.121. The van der Waals surface area contributed by atoms with E-state index in [1.165, 1.54) is 0 Å². The van der Waals surface area contributed by atoms with Crippen molar-refractivity contribution in [2.45, 2.75) is 0 Å². The molecular formula is C4H6O6S2Zn. The van der Waals surface area contributed by atoms with Crippen LogP contribution in [-0.2, 0) is 50.6 Å². The summed E-state index contributed by atoms with van der Waals surface area (Å²) in [5.41, 5.74) is 0. The first-order chi connectivity index (χ1) is 5.54. The predicted molar refractivity (Wildman–Crippen MR) is 40.4 cm³/mol. The standard InChI is InChI=1S/2C2H4O3S.Zn/c2*1-2-5-6(3)4;/h2*2H,1H2,(H,3,4);/q;;+2/p-2. The second-order valence-corrected chi connectivity index (χ2v) is 2.14. The largest absolute Gasteiger partial charge is 2.00 e. The summed E-state index contributed by atoms with van der Waals surface area (Å²) in [5, 5.41) is 0. The van der Waals surface area contributed by atoms with Crippen molar-refractivity contribution in [2.24, 2.45) is 0 Å². The van der Waals surface area contributed by atoms with Gasteiger partial charge in [-0.15, -0.1) is 0 Å². The van der Waals surface area contributed by atoms with Crippen molar-refractivity contribution in [1.29, 1.82) is 0 Å². The Bertz CT molecular complexity index is 163. The van der Waals surface area contributed by atoms with Crippen LogP contribution in [0.2, 0.25) is 0 Å².